The maximum absolute atomic E-state index is 13.9. The fourth-order valence-electron chi connectivity index (χ4n) is 6.24. The Bertz CT molecular complexity index is 2220. The molecule has 0 spiro atoms. The first-order chi connectivity index (χ1) is 30.7. The van der Waals surface area contributed by atoms with E-state index in [0.29, 0.717) is 0 Å². The van der Waals surface area contributed by atoms with E-state index in [2.05, 4.69) is 42.5 Å². The van der Waals surface area contributed by atoms with Gasteiger partial charge in [-0.3, -0.25) is 28.8 Å². The number of phenolic OH excluding ortho intramolecular Hbond substituents is 2. The number of phenols is 2. The van der Waals surface area contributed by atoms with E-state index in [1.807, 2.05) is 12.1 Å². The van der Waals surface area contributed by atoms with Crippen LogP contribution in [0.5, 0.6) is 11.5 Å². The molecule has 0 fully saturated rings. The van der Waals surface area contributed by atoms with E-state index >= 15 is 0 Å². The number of ketones is 2. The number of anilines is 2. The lowest BCUT2D eigenvalue weighted by atomic mass is 9.81. The topological polar surface area (TPSA) is 292 Å². The zero-order valence-corrected chi connectivity index (χ0v) is 34.9. The number of benzene rings is 4. The number of hydrogen-bond acceptors (Lipinski definition) is 14. The van der Waals surface area contributed by atoms with Crippen molar-refractivity contribution in [3.63, 3.8) is 0 Å². The third kappa shape index (κ3) is 12.9. The summed E-state index contributed by atoms with van der Waals surface area (Å²) < 4.78 is 10.2. The highest BCUT2D eigenvalue weighted by molar-refractivity contribution is 6.33. The highest BCUT2D eigenvalue weighted by atomic mass is 16.6. The lowest BCUT2D eigenvalue weighted by Crippen LogP contribution is -2.47. The predicted octanol–water partition coefficient (Wildman–Crippen LogP) is 1.79. The summed E-state index contributed by atoms with van der Waals surface area (Å²) >= 11 is 0. The van der Waals surface area contributed by atoms with Gasteiger partial charge in [-0.2, -0.15) is 0 Å². The molecule has 0 bridgehead atoms. The van der Waals surface area contributed by atoms with Crippen molar-refractivity contribution in [2.45, 2.75) is 39.1 Å². The van der Waals surface area contributed by atoms with Crippen molar-refractivity contribution in [1.29, 1.82) is 0 Å². The standard InChI is InChI=1S/C44H48N8O12/c1-25(51-43(61)63-23-27-9-5-3-6-10-27)41(59)49-21-33(55)47-19-17-45-29-13-14-30(36-35(29)39(57)37-31(53)15-16-32(54)38(37)40(36)58)46-18-20-48-34(56)22-50-42(60)26(2)52-44(62)64-24-28-11-7-4-8-12-28/h3-16,25-26,45-46,53-54H,17-24H2,1-2H3,(H,47,55)(H,48,56)(H,49,59)(H,50,60)(H,51,61)(H,52,62)/t25-,26-/m0/s1. The molecule has 4 aromatic rings. The van der Waals surface area contributed by atoms with Crippen molar-refractivity contribution < 1.29 is 58.0 Å². The van der Waals surface area contributed by atoms with Crippen LogP contribution in [-0.2, 0) is 41.9 Å². The van der Waals surface area contributed by atoms with Crippen LogP contribution in [-0.4, -0.2) is 109 Å². The summed E-state index contributed by atoms with van der Waals surface area (Å²) in [6.45, 7) is 2.14. The first-order valence-corrected chi connectivity index (χ1v) is 20.1. The summed E-state index contributed by atoms with van der Waals surface area (Å²) in [6.07, 6.45) is -1.62. The number of ether oxygens (including phenoxy) is 2. The van der Waals surface area contributed by atoms with Gasteiger partial charge in [0.25, 0.3) is 0 Å². The second-order valence-corrected chi connectivity index (χ2v) is 14.3. The fraction of sp³-hybridized carbons (Fsp3) is 0.273. The third-order valence-electron chi connectivity index (χ3n) is 9.53. The Balaban J connectivity index is 1.09. The monoisotopic (exact) mass is 880 g/mol. The number of hydrogen-bond donors (Lipinski definition) is 10. The molecule has 0 saturated heterocycles. The van der Waals surface area contributed by atoms with Gasteiger partial charge in [-0.25, -0.2) is 9.59 Å². The van der Waals surface area contributed by atoms with Crippen LogP contribution < -0.4 is 42.5 Å². The molecule has 1 aliphatic rings. The van der Waals surface area contributed by atoms with E-state index in [1.165, 1.54) is 26.0 Å². The van der Waals surface area contributed by atoms with E-state index in [-0.39, 0.29) is 61.9 Å². The van der Waals surface area contributed by atoms with Crippen molar-refractivity contribution in [2.24, 2.45) is 0 Å². The Morgan fingerprint density at radius 1 is 0.500 bits per heavy atom. The first-order valence-electron chi connectivity index (χ1n) is 20.1. The Hall–Kier alpha value is -8.16. The van der Waals surface area contributed by atoms with Crippen LogP contribution in [0, 0.1) is 0 Å². The minimum absolute atomic E-state index is 0.00469. The van der Waals surface area contributed by atoms with E-state index in [1.54, 1.807) is 48.5 Å². The molecule has 336 valence electrons. The molecule has 4 aromatic carbocycles. The number of rotatable bonds is 20. The summed E-state index contributed by atoms with van der Waals surface area (Å²) in [5, 5.41) is 42.0. The molecule has 6 amide bonds. The maximum atomic E-state index is 13.9. The molecular weight excluding hydrogens is 833 g/mol. The summed E-state index contributed by atoms with van der Waals surface area (Å²) in [7, 11) is 0. The summed E-state index contributed by atoms with van der Waals surface area (Å²) in [4.78, 5) is 102. The Morgan fingerprint density at radius 2 is 0.875 bits per heavy atom. The molecule has 64 heavy (non-hydrogen) atoms. The molecule has 20 heteroatoms. The van der Waals surface area contributed by atoms with Crippen LogP contribution in [0.1, 0.15) is 56.8 Å². The van der Waals surface area contributed by atoms with Crippen LogP contribution in [0.3, 0.4) is 0 Å². The molecule has 0 unspecified atom stereocenters. The van der Waals surface area contributed by atoms with Crippen LogP contribution >= 0.6 is 0 Å². The van der Waals surface area contributed by atoms with Gasteiger partial charge in [0.15, 0.2) is 0 Å². The largest absolute Gasteiger partial charge is 0.507 e. The molecule has 0 aliphatic heterocycles. The number of fused-ring (bicyclic) bond motifs is 2. The van der Waals surface area contributed by atoms with Gasteiger partial charge in [-0.1, -0.05) is 60.7 Å². The minimum Gasteiger partial charge on any atom is -0.507 e. The van der Waals surface area contributed by atoms with Gasteiger partial charge in [0.1, 0.15) is 36.8 Å². The quantitative estimate of drug-likeness (QED) is 0.0394. The molecule has 20 nitrogen and oxygen atoms in total. The smallest absolute Gasteiger partial charge is 0.408 e. The van der Waals surface area contributed by atoms with Crippen LogP contribution in [0.4, 0.5) is 21.0 Å². The molecular formula is C44H48N8O12. The molecule has 10 N–H and O–H groups in total. The number of nitrogens with one attached hydrogen (secondary N) is 8. The lowest BCUT2D eigenvalue weighted by Gasteiger charge is -2.25. The number of alkyl carbamates (subject to hydrolysis) is 2. The van der Waals surface area contributed by atoms with Gasteiger partial charge >= 0.3 is 12.2 Å². The third-order valence-corrected chi connectivity index (χ3v) is 9.53. The van der Waals surface area contributed by atoms with Gasteiger partial charge in [0, 0.05) is 37.6 Å². The van der Waals surface area contributed by atoms with Crippen molar-refractivity contribution in [3.8, 4) is 11.5 Å². The summed E-state index contributed by atoms with van der Waals surface area (Å²) in [6, 6.07) is 21.1. The Labute approximate surface area is 366 Å². The van der Waals surface area contributed by atoms with Gasteiger partial charge in [0.05, 0.1) is 35.3 Å². The molecule has 0 radical (unpaired) electrons. The van der Waals surface area contributed by atoms with Crippen LogP contribution in [0.25, 0.3) is 0 Å². The zero-order valence-electron chi connectivity index (χ0n) is 34.9. The van der Waals surface area contributed by atoms with Crippen LogP contribution in [0.15, 0.2) is 84.9 Å². The normalized spacial score (nSPS) is 12.2. The summed E-state index contributed by atoms with van der Waals surface area (Å²) in [5.74, 6) is -4.95. The van der Waals surface area contributed by atoms with Gasteiger partial charge in [-0.05, 0) is 49.2 Å². The fourth-order valence-corrected chi connectivity index (χ4v) is 6.24. The second-order valence-electron chi connectivity index (χ2n) is 14.3. The number of amides is 6. The second kappa shape index (κ2) is 22.6. The van der Waals surface area contributed by atoms with Crippen LogP contribution in [0.2, 0.25) is 0 Å². The van der Waals surface area contributed by atoms with Gasteiger partial charge in [0.2, 0.25) is 35.2 Å². The average Bonchev–Trinajstić information content (AvgIpc) is 3.29. The predicted molar refractivity (Wildman–Crippen MR) is 231 cm³/mol. The highest BCUT2D eigenvalue weighted by Gasteiger charge is 2.38. The van der Waals surface area contributed by atoms with E-state index in [9.17, 15) is 48.6 Å². The van der Waals surface area contributed by atoms with E-state index < -0.39 is 95.2 Å². The SMILES string of the molecule is C[C@H](NC(=O)OCc1ccccc1)C(=O)NCC(=O)NCCNc1ccc(NCCNC(=O)CNC(=O)[C@H](C)NC(=O)OCc2ccccc2)c2c1C(=O)c1c(O)ccc(O)c1C2=O. The number of carbonyl (C=O) groups excluding carboxylic acids is 8. The van der Waals surface area contributed by atoms with Gasteiger partial charge in [-0.15, -0.1) is 0 Å². The van der Waals surface area contributed by atoms with Crippen molar-refractivity contribution >= 4 is 58.8 Å². The molecule has 0 saturated carbocycles. The molecule has 0 aromatic heterocycles. The molecule has 1 aliphatic carbocycles. The molecule has 5 rings (SSSR count). The summed E-state index contributed by atoms with van der Waals surface area (Å²) in [5.41, 5.74) is 0.849. The first kappa shape index (κ1) is 46.9. The Kier molecular flexibility index (Phi) is 16.6. The molecule has 2 atom stereocenters. The maximum Gasteiger partial charge on any atom is 0.408 e. The highest BCUT2D eigenvalue weighted by Crippen LogP contribution is 2.42. The zero-order chi connectivity index (χ0) is 46.2. The van der Waals surface area contributed by atoms with Gasteiger partial charge < -0.3 is 62.2 Å². The molecule has 0 heterocycles. The van der Waals surface area contributed by atoms with Crippen molar-refractivity contribution in [3.05, 3.63) is 118 Å². The van der Waals surface area contributed by atoms with Crippen molar-refractivity contribution in [1.82, 2.24) is 31.9 Å². The van der Waals surface area contributed by atoms with E-state index in [4.69, 9.17) is 9.47 Å². The number of carbonyl (C=O) groups is 8. The van der Waals surface area contributed by atoms with E-state index in [0.717, 1.165) is 23.3 Å². The number of aromatic hydroxyl groups is 2. The Morgan fingerprint density at radius 3 is 1.25 bits per heavy atom. The average molecular weight is 881 g/mol. The van der Waals surface area contributed by atoms with Crippen molar-refractivity contribution in [2.75, 3.05) is 49.9 Å². The minimum atomic E-state index is -1.00. The lowest BCUT2D eigenvalue weighted by molar-refractivity contribution is -0.126.